The largest absolute Gasteiger partial charge is 0.481 e. The number of carbonyl (C=O) groups excluding carboxylic acids is 5. The van der Waals surface area contributed by atoms with Crippen molar-refractivity contribution in [1.29, 1.82) is 0 Å². The molecule has 1 rings (SSSR count). The standard InChI is InChI=1S/C19H30N6O9/c20-9(8-14(22)27)16(30)23-10(3-5-13(21)26)18(32)25-7-1-2-12(25)17(31)24-11(19(33)34)4-6-15(28)29/h9-12H,1-8,20H2,(H2,21,26)(H2,22,27)(H,23,30)(H,24,31)(H,28,29)(H,33,34). The molecule has 1 saturated heterocycles. The highest BCUT2D eigenvalue weighted by Gasteiger charge is 2.39. The molecule has 0 spiro atoms. The number of hydrogen-bond donors (Lipinski definition) is 7. The van der Waals surface area contributed by atoms with E-state index in [1.165, 1.54) is 0 Å². The number of carbonyl (C=O) groups is 7. The minimum Gasteiger partial charge on any atom is -0.481 e. The Hall–Kier alpha value is -3.75. The molecule has 1 heterocycles. The summed E-state index contributed by atoms with van der Waals surface area (Å²) in [6, 6.07) is -5.19. The topological polar surface area (TPSA) is 265 Å². The van der Waals surface area contributed by atoms with Gasteiger partial charge in [-0.1, -0.05) is 0 Å². The maximum atomic E-state index is 13.1. The van der Waals surface area contributed by atoms with Crippen LogP contribution < -0.4 is 27.8 Å². The molecule has 0 aromatic carbocycles. The van der Waals surface area contributed by atoms with E-state index in [4.69, 9.17) is 22.3 Å². The first-order chi connectivity index (χ1) is 15.8. The second-order valence-electron chi connectivity index (χ2n) is 7.86. The number of carboxylic acid groups (broad SMARTS) is 2. The summed E-state index contributed by atoms with van der Waals surface area (Å²) in [7, 11) is 0. The second kappa shape index (κ2) is 13.1. The van der Waals surface area contributed by atoms with E-state index in [0.717, 1.165) is 4.90 Å². The van der Waals surface area contributed by atoms with E-state index in [0.29, 0.717) is 6.42 Å². The zero-order valence-electron chi connectivity index (χ0n) is 18.4. The molecule has 1 fully saturated rings. The molecule has 0 bridgehead atoms. The molecule has 15 heteroatoms. The summed E-state index contributed by atoms with van der Waals surface area (Å²) >= 11 is 0. The number of nitrogens with zero attached hydrogens (tertiary/aromatic N) is 1. The summed E-state index contributed by atoms with van der Waals surface area (Å²) in [5.74, 6) is -6.64. The van der Waals surface area contributed by atoms with E-state index in [1.54, 1.807) is 0 Å². The van der Waals surface area contributed by atoms with E-state index >= 15 is 0 Å². The average Bonchev–Trinajstić information content (AvgIpc) is 3.22. The van der Waals surface area contributed by atoms with Gasteiger partial charge in [0.05, 0.1) is 12.5 Å². The third-order valence-electron chi connectivity index (χ3n) is 5.15. The van der Waals surface area contributed by atoms with E-state index in [-0.39, 0.29) is 32.2 Å². The number of nitrogens with two attached hydrogens (primary N) is 3. The highest BCUT2D eigenvalue weighted by atomic mass is 16.4. The van der Waals surface area contributed by atoms with Crippen molar-refractivity contribution in [3.63, 3.8) is 0 Å². The van der Waals surface area contributed by atoms with Gasteiger partial charge >= 0.3 is 11.9 Å². The molecule has 4 unspecified atom stereocenters. The first-order valence-corrected chi connectivity index (χ1v) is 10.5. The number of hydrogen-bond acceptors (Lipinski definition) is 8. The predicted octanol–water partition coefficient (Wildman–Crippen LogP) is -3.64. The number of rotatable bonds is 14. The Morgan fingerprint density at radius 3 is 2.06 bits per heavy atom. The Balaban J connectivity index is 2.97. The van der Waals surface area contributed by atoms with Crippen molar-refractivity contribution in [3.05, 3.63) is 0 Å². The summed E-state index contributed by atoms with van der Waals surface area (Å²) in [5.41, 5.74) is 15.7. The Labute approximate surface area is 194 Å². The van der Waals surface area contributed by atoms with Crippen LogP contribution in [0.1, 0.15) is 44.9 Å². The van der Waals surface area contributed by atoms with Gasteiger partial charge in [-0.05, 0) is 25.7 Å². The molecular weight excluding hydrogens is 456 g/mol. The summed E-state index contributed by atoms with van der Waals surface area (Å²) < 4.78 is 0. The first-order valence-electron chi connectivity index (χ1n) is 10.5. The molecule has 34 heavy (non-hydrogen) atoms. The van der Waals surface area contributed by atoms with Gasteiger partial charge in [-0.3, -0.25) is 28.8 Å². The Morgan fingerprint density at radius 1 is 0.912 bits per heavy atom. The van der Waals surface area contributed by atoms with Crippen molar-refractivity contribution in [2.24, 2.45) is 17.2 Å². The molecule has 0 saturated carbocycles. The molecule has 0 radical (unpaired) electrons. The van der Waals surface area contributed by atoms with Gasteiger partial charge in [0.15, 0.2) is 0 Å². The van der Waals surface area contributed by atoms with Crippen LogP contribution in [-0.4, -0.2) is 87.3 Å². The Kier molecular flexibility index (Phi) is 10.9. The van der Waals surface area contributed by atoms with Crippen LogP contribution in [0.3, 0.4) is 0 Å². The van der Waals surface area contributed by atoms with Crippen molar-refractivity contribution in [1.82, 2.24) is 15.5 Å². The molecule has 0 aromatic heterocycles. The minimum absolute atomic E-state index is 0.111. The van der Waals surface area contributed by atoms with Crippen molar-refractivity contribution in [2.75, 3.05) is 6.54 Å². The van der Waals surface area contributed by atoms with Gasteiger partial charge in [-0.2, -0.15) is 0 Å². The highest BCUT2D eigenvalue weighted by Crippen LogP contribution is 2.20. The second-order valence-corrected chi connectivity index (χ2v) is 7.86. The van der Waals surface area contributed by atoms with E-state index in [9.17, 15) is 38.7 Å². The lowest BCUT2D eigenvalue weighted by atomic mass is 10.1. The third-order valence-corrected chi connectivity index (χ3v) is 5.15. The summed E-state index contributed by atoms with van der Waals surface area (Å²) in [4.78, 5) is 83.6. The Morgan fingerprint density at radius 2 is 1.53 bits per heavy atom. The lowest BCUT2D eigenvalue weighted by molar-refractivity contribution is -0.145. The van der Waals surface area contributed by atoms with Crippen LogP contribution in [0.4, 0.5) is 0 Å². The molecule has 4 atom stereocenters. The fourth-order valence-corrected chi connectivity index (χ4v) is 3.43. The van der Waals surface area contributed by atoms with Crippen molar-refractivity contribution in [3.8, 4) is 0 Å². The van der Waals surface area contributed by atoms with Gasteiger partial charge in [0.1, 0.15) is 18.1 Å². The molecule has 0 aromatic rings. The minimum atomic E-state index is -1.47. The first kappa shape index (κ1) is 28.3. The van der Waals surface area contributed by atoms with Crippen LogP contribution >= 0.6 is 0 Å². The SMILES string of the molecule is NC(=O)CCC(NC(=O)C(N)CC(N)=O)C(=O)N1CCCC1C(=O)NC(CCC(=O)O)C(=O)O. The summed E-state index contributed by atoms with van der Waals surface area (Å²) in [6.45, 7) is 0.111. The molecule has 10 N–H and O–H groups in total. The van der Waals surface area contributed by atoms with Crippen LogP contribution in [0.5, 0.6) is 0 Å². The zero-order chi connectivity index (χ0) is 26.0. The predicted molar refractivity (Wildman–Crippen MR) is 113 cm³/mol. The van der Waals surface area contributed by atoms with Crippen LogP contribution in [0.25, 0.3) is 0 Å². The van der Waals surface area contributed by atoms with Crippen molar-refractivity contribution < 1.29 is 43.8 Å². The zero-order valence-corrected chi connectivity index (χ0v) is 18.4. The highest BCUT2D eigenvalue weighted by molar-refractivity contribution is 5.95. The van der Waals surface area contributed by atoms with E-state index in [2.05, 4.69) is 10.6 Å². The van der Waals surface area contributed by atoms with Gasteiger partial charge in [-0.15, -0.1) is 0 Å². The molecule has 15 nitrogen and oxygen atoms in total. The van der Waals surface area contributed by atoms with Gasteiger partial charge < -0.3 is 42.9 Å². The number of carboxylic acids is 2. The van der Waals surface area contributed by atoms with Crippen LogP contribution in [-0.2, 0) is 33.6 Å². The monoisotopic (exact) mass is 486 g/mol. The van der Waals surface area contributed by atoms with Gasteiger partial charge in [0.25, 0.3) is 0 Å². The fraction of sp³-hybridized carbons (Fsp3) is 0.632. The lowest BCUT2D eigenvalue weighted by Crippen LogP contribution is -2.57. The number of primary amides is 2. The van der Waals surface area contributed by atoms with Crippen LogP contribution in [0, 0.1) is 0 Å². The van der Waals surface area contributed by atoms with Gasteiger partial charge in [0.2, 0.25) is 29.5 Å². The summed E-state index contributed by atoms with van der Waals surface area (Å²) in [6.07, 6.45) is -1.21. The fourth-order valence-electron chi connectivity index (χ4n) is 3.43. The lowest BCUT2D eigenvalue weighted by Gasteiger charge is -2.29. The van der Waals surface area contributed by atoms with Crippen molar-refractivity contribution in [2.45, 2.75) is 69.1 Å². The Bertz CT molecular complexity index is 833. The molecule has 5 amide bonds. The van der Waals surface area contributed by atoms with Crippen LogP contribution in [0.2, 0.25) is 0 Å². The quantitative estimate of drug-likeness (QED) is 0.126. The summed E-state index contributed by atoms with van der Waals surface area (Å²) in [5, 5.41) is 22.6. The normalized spacial score (nSPS) is 17.8. The maximum Gasteiger partial charge on any atom is 0.326 e. The number of likely N-dealkylation sites (tertiary alicyclic amines) is 1. The molecule has 1 aliphatic rings. The third kappa shape index (κ3) is 9.01. The molecule has 0 aliphatic carbocycles. The van der Waals surface area contributed by atoms with Crippen LogP contribution in [0.15, 0.2) is 0 Å². The maximum absolute atomic E-state index is 13.1. The smallest absolute Gasteiger partial charge is 0.326 e. The number of aliphatic carboxylic acids is 2. The van der Waals surface area contributed by atoms with E-state index < -0.39 is 78.5 Å². The average molecular weight is 486 g/mol. The van der Waals surface area contributed by atoms with Crippen molar-refractivity contribution >= 4 is 41.5 Å². The number of nitrogens with one attached hydrogen (secondary N) is 2. The van der Waals surface area contributed by atoms with E-state index in [1.807, 2.05) is 0 Å². The molecule has 190 valence electrons. The van der Waals surface area contributed by atoms with Gasteiger partial charge in [-0.25, -0.2) is 4.79 Å². The van der Waals surface area contributed by atoms with Gasteiger partial charge in [0, 0.05) is 19.4 Å². The molecular formula is C19H30N6O9. The number of amides is 5. The molecule has 1 aliphatic heterocycles.